The van der Waals surface area contributed by atoms with Crippen LogP contribution in [0.25, 0.3) is 0 Å². The highest BCUT2D eigenvalue weighted by atomic mass is 32.1. The summed E-state index contributed by atoms with van der Waals surface area (Å²) in [5, 5.41) is 0. The molecule has 4 nitrogen and oxygen atoms in total. The molecule has 0 spiro atoms. The molecule has 1 rings (SSSR count). The number of hydrogen-bond donors (Lipinski definition) is 2. The maximum Gasteiger partial charge on any atom is 0.207 e. The summed E-state index contributed by atoms with van der Waals surface area (Å²) in [5.41, 5.74) is 0. The van der Waals surface area contributed by atoms with Gasteiger partial charge < -0.3 is 14.9 Å². The summed E-state index contributed by atoms with van der Waals surface area (Å²) in [6.07, 6.45) is 22.3. The Balaban J connectivity index is 1.86. The highest BCUT2D eigenvalue weighted by molar-refractivity contribution is 7.71. The first-order valence-corrected chi connectivity index (χ1v) is 12.4. The van der Waals surface area contributed by atoms with Gasteiger partial charge in [0.15, 0.2) is 4.77 Å². The van der Waals surface area contributed by atoms with Crippen LogP contribution in [0.2, 0.25) is 0 Å². The zero-order chi connectivity index (χ0) is 20.5. The lowest BCUT2D eigenvalue weighted by molar-refractivity contribution is 0.529. The number of aromatic amines is 2. The first-order chi connectivity index (χ1) is 13.6. The first-order valence-electron chi connectivity index (χ1n) is 11.5. The Morgan fingerprint density at radius 3 is 1.54 bits per heavy atom. The summed E-state index contributed by atoms with van der Waals surface area (Å²) < 4.78 is 0.978. The molecule has 1 aromatic heterocycles. The number of hydrogen-bond acceptors (Lipinski definition) is 4. The summed E-state index contributed by atoms with van der Waals surface area (Å²) in [5.74, 6) is 0.759. The monoisotopic (exact) mass is 426 g/mol. The van der Waals surface area contributed by atoms with E-state index >= 15 is 0 Å². The molecule has 1 heterocycles. The van der Waals surface area contributed by atoms with Crippen LogP contribution < -0.4 is 4.90 Å². The Morgan fingerprint density at radius 1 is 0.679 bits per heavy atom. The van der Waals surface area contributed by atoms with Crippen molar-refractivity contribution in [3.05, 3.63) is 9.54 Å². The molecule has 2 N–H and O–H groups in total. The maximum atomic E-state index is 5.12. The Bertz CT molecular complexity index is 568. The molecule has 0 saturated heterocycles. The van der Waals surface area contributed by atoms with Gasteiger partial charge in [0.25, 0.3) is 0 Å². The van der Waals surface area contributed by atoms with Crippen LogP contribution >= 0.6 is 24.4 Å². The molecule has 0 aromatic carbocycles. The molecular weight excluding hydrogens is 384 g/mol. The summed E-state index contributed by atoms with van der Waals surface area (Å²) in [6.45, 7) is 3.27. The number of unbranched alkanes of at least 4 members (excludes halogenated alkanes) is 15. The molecule has 0 aliphatic carbocycles. The van der Waals surface area contributed by atoms with Crippen molar-refractivity contribution in [1.29, 1.82) is 0 Å². The molecule has 0 radical (unpaired) electrons. The number of anilines is 1. The van der Waals surface area contributed by atoms with Gasteiger partial charge in [-0.2, -0.15) is 4.98 Å². The topological polar surface area (TPSA) is 47.7 Å². The molecule has 0 unspecified atom stereocenters. The van der Waals surface area contributed by atoms with Crippen molar-refractivity contribution in [3.63, 3.8) is 0 Å². The molecule has 0 bridgehead atoms. The van der Waals surface area contributed by atoms with Crippen LogP contribution in [-0.2, 0) is 0 Å². The predicted octanol–water partition coefficient (Wildman–Crippen LogP) is 7.89. The van der Waals surface area contributed by atoms with Crippen molar-refractivity contribution in [2.45, 2.75) is 110 Å². The van der Waals surface area contributed by atoms with E-state index < -0.39 is 0 Å². The molecule has 1 aromatic rings. The largest absolute Gasteiger partial charge is 0.345 e. The second-order valence-electron chi connectivity index (χ2n) is 8.04. The zero-order valence-corrected chi connectivity index (χ0v) is 19.9. The van der Waals surface area contributed by atoms with E-state index in [1.807, 2.05) is 7.05 Å². The third-order valence-electron chi connectivity index (χ3n) is 5.36. The molecule has 162 valence electrons. The Hall–Kier alpha value is -0.750. The number of rotatable bonds is 18. The molecule has 0 aliphatic heterocycles. The fourth-order valence-corrected chi connectivity index (χ4v) is 4.01. The number of H-pyrrole nitrogens is 2. The minimum absolute atomic E-state index is 0.442. The third kappa shape index (κ3) is 13.4. The van der Waals surface area contributed by atoms with E-state index in [2.05, 4.69) is 26.8 Å². The smallest absolute Gasteiger partial charge is 0.207 e. The van der Waals surface area contributed by atoms with Gasteiger partial charge >= 0.3 is 0 Å². The Labute approximate surface area is 183 Å². The predicted molar refractivity (Wildman–Crippen MR) is 127 cm³/mol. The van der Waals surface area contributed by atoms with Gasteiger partial charge in [0.2, 0.25) is 10.7 Å². The SMILES string of the molecule is CCCCCCCCCCCCCCCCCCN(C)c1nc(=S)[nH]c(=S)[nH]1. The standard InChI is InChI=1S/C22H42N4S2/c1-3-4-5-6-7-8-9-10-11-12-13-14-15-16-17-18-19-26(2)20-23-21(27)25-22(28)24-20/h3-19H2,1-2H3,(H2,23,24,25,27,28). The van der Waals surface area contributed by atoms with Crippen LogP contribution in [0.5, 0.6) is 0 Å². The molecule has 0 aliphatic rings. The van der Waals surface area contributed by atoms with Crippen molar-refractivity contribution < 1.29 is 0 Å². The zero-order valence-electron chi connectivity index (χ0n) is 18.2. The van der Waals surface area contributed by atoms with Crippen molar-refractivity contribution in [2.75, 3.05) is 18.5 Å². The molecule has 0 saturated carbocycles. The van der Waals surface area contributed by atoms with Gasteiger partial charge in [0.1, 0.15) is 0 Å². The van der Waals surface area contributed by atoms with E-state index in [1.165, 1.54) is 103 Å². The van der Waals surface area contributed by atoms with Gasteiger partial charge in [-0.05, 0) is 30.9 Å². The lowest BCUT2D eigenvalue weighted by Crippen LogP contribution is -2.21. The second kappa shape index (κ2) is 17.1. The molecular formula is C22H42N4S2. The highest BCUT2D eigenvalue weighted by Crippen LogP contribution is 2.14. The summed E-state index contributed by atoms with van der Waals surface area (Å²) >= 11 is 10.2. The van der Waals surface area contributed by atoms with Gasteiger partial charge in [-0.25, -0.2) is 0 Å². The minimum atomic E-state index is 0.442. The van der Waals surface area contributed by atoms with E-state index in [0.29, 0.717) is 9.54 Å². The van der Waals surface area contributed by atoms with E-state index in [1.54, 1.807) is 0 Å². The van der Waals surface area contributed by atoms with Crippen LogP contribution in [0.3, 0.4) is 0 Å². The van der Waals surface area contributed by atoms with Crippen molar-refractivity contribution >= 4 is 30.4 Å². The van der Waals surface area contributed by atoms with Gasteiger partial charge in [-0.3, -0.25) is 0 Å². The average molecular weight is 427 g/mol. The van der Waals surface area contributed by atoms with E-state index in [4.69, 9.17) is 24.4 Å². The van der Waals surface area contributed by atoms with Crippen molar-refractivity contribution in [3.8, 4) is 0 Å². The van der Waals surface area contributed by atoms with E-state index in [0.717, 1.165) is 12.5 Å². The van der Waals surface area contributed by atoms with Gasteiger partial charge in [-0.15, -0.1) is 0 Å². The van der Waals surface area contributed by atoms with Crippen LogP contribution in [-0.4, -0.2) is 28.5 Å². The molecule has 28 heavy (non-hydrogen) atoms. The van der Waals surface area contributed by atoms with Crippen molar-refractivity contribution in [1.82, 2.24) is 15.0 Å². The molecule has 6 heteroatoms. The Morgan fingerprint density at radius 2 is 1.11 bits per heavy atom. The molecule has 0 atom stereocenters. The summed E-state index contributed by atoms with van der Waals surface area (Å²) in [7, 11) is 2.04. The van der Waals surface area contributed by atoms with E-state index in [-0.39, 0.29) is 0 Å². The first kappa shape index (κ1) is 25.3. The molecule has 0 fully saturated rings. The summed E-state index contributed by atoms with van der Waals surface area (Å²) in [6, 6.07) is 0. The van der Waals surface area contributed by atoms with Crippen LogP contribution in [0.4, 0.5) is 5.95 Å². The maximum absolute atomic E-state index is 5.12. The van der Waals surface area contributed by atoms with Crippen LogP contribution in [0.15, 0.2) is 0 Å². The Kier molecular flexibility index (Phi) is 15.5. The van der Waals surface area contributed by atoms with Gasteiger partial charge in [0.05, 0.1) is 0 Å². The van der Waals surface area contributed by atoms with Crippen LogP contribution in [0, 0.1) is 9.54 Å². The molecule has 0 amide bonds. The second-order valence-corrected chi connectivity index (χ2v) is 8.84. The average Bonchev–Trinajstić information content (AvgIpc) is 2.66. The highest BCUT2D eigenvalue weighted by Gasteiger charge is 2.03. The number of aromatic nitrogens is 3. The lowest BCUT2D eigenvalue weighted by Gasteiger charge is -2.17. The third-order valence-corrected chi connectivity index (χ3v) is 5.76. The number of nitrogens with one attached hydrogen (secondary N) is 2. The summed E-state index contributed by atoms with van der Waals surface area (Å²) in [4.78, 5) is 12.3. The van der Waals surface area contributed by atoms with Gasteiger partial charge in [-0.1, -0.05) is 103 Å². The lowest BCUT2D eigenvalue weighted by atomic mass is 10.0. The normalized spacial score (nSPS) is 11.1. The fraction of sp³-hybridized carbons (Fsp3) is 0.864. The fourth-order valence-electron chi connectivity index (χ4n) is 3.57. The quantitative estimate of drug-likeness (QED) is 0.185. The van der Waals surface area contributed by atoms with Gasteiger partial charge in [0, 0.05) is 13.6 Å². The minimum Gasteiger partial charge on any atom is -0.345 e. The van der Waals surface area contributed by atoms with Crippen molar-refractivity contribution in [2.24, 2.45) is 0 Å². The van der Waals surface area contributed by atoms with Crippen LogP contribution in [0.1, 0.15) is 110 Å². The van der Waals surface area contributed by atoms with E-state index in [9.17, 15) is 0 Å². The number of nitrogens with zero attached hydrogens (tertiary/aromatic N) is 2.